The zero-order valence-electron chi connectivity index (χ0n) is 12.0. The number of anilines is 1. The van der Waals surface area contributed by atoms with Gasteiger partial charge in [0, 0.05) is 5.02 Å². The lowest BCUT2D eigenvalue weighted by Gasteiger charge is -2.15. The summed E-state index contributed by atoms with van der Waals surface area (Å²) < 4.78 is 76.4. The van der Waals surface area contributed by atoms with E-state index >= 15 is 0 Å². The average molecular weight is 384 g/mol. The van der Waals surface area contributed by atoms with Crippen LogP contribution < -0.4 is 5.32 Å². The summed E-state index contributed by atoms with van der Waals surface area (Å²) in [5.74, 6) is -2.23. The fourth-order valence-corrected chi connectivity index (χ4v) is 2.12. The highest BCUT2D eigenvalue weighted by atomic mass is 35.5. The minimum atomic E-state index is -4.82. The molecule has 0 radical (unpaired) electrons. The van der Waals surface area contributed by atoms with Crippen LogP contribution in [0.15, 0.2) is 36.4 Å². The molecule has 0 aliphatic carbocycles. The van der Waals surface area contributed by atoms with Crippen LogP contribution in [-0.4, -0.2) is 11.0 Å². The van der Waals surface area contributed by atoms with E-state index in [4.69, 9.17) is 11.6 Å². The minimum absolute atomic E-state index is 0.220. The molecular weight excluding hydrogens is 376 g/mol. The van der Waals surface area contributed by atoms with Gasteiger partial charge in [-0.2, -0.15) is 26.3 Å². The summed E-state index contributed by atoms with van der Waals surface area (Å²) in [5.41, 5.74) is -3.71. The molecule has 2 aromatic rings. The summed E-state index contributed by atoms with van der Waals surface area (Å²) in [6.07, 6.45) is -9.57. The zero-order chi connectivity index (χ0) is 19.0. The van der Waals surface area contributed by atoms with Crippen LogP contribution in [0.3, 0.4) is 0 Å². The normalized spacial score (nSPS) is 12.1. The van der Waals surface area contributed by atoms with Crippen LogP contribution in [0, 0.1) is 0 Å². The number of alkyl halides is 6. The number of carbonyl (C=O) groups is 1. The standard InChI is InChI=1S/C15H8ClF6NO2/c16-8-2-4-11(10(6-8)15(20,21)22)23-13(25)9-3-1-7(5-12(9)24)14(17,18)19/h1-6,24H,(H,23,25). The van der Waals surface area contributed by atoms with Gasteiger partial charge in [0.1, 0.15) is 5.75 Å². The number of rotatable bonds is 2. The molecule has 1 amide bonds. The Morgan fingerprint density at radius 2 is 1.60 bits per heavy atom. The smallest absolute Gasteiger partial charge is 0.418 e. The van der Waals surface area contributed by atoms with Crippen molar-refractivity contribution < 1.29 is 36.2 Å². The van der Waals surface area contributed by atoms with Crippen molar-refractivity contribution in [2.45, 2.75) is 12.4 Å². The topological polar surface area (TPSA) is 49.3 Å². The van der Waals surface area contributed by atoms with Crippen LogP contribution in [0.2, 0.25) is 5.02 Å². The molecule has 0 saturated heterocycles. The first-order valence-electron chi connectivity index (χ1n) is 6.48. The average Bonchev–Trinajstić information content (AvgIpc) is 2.46. The Morgan fingerprint density at radius 1 is 0.960 bits per heavy atom. The molecule has 0 fully saturated rings. The number of hydrogen-bond donors (Lipinski definition) is 2. The predicted octanol–water partition coefficient (Wildman–Crippen LogP) is 5.34. The van der Waals surface area contributed by atoms with E-state index in [9.17, 15) is 36.2 Å². The fourth-order valence-electron chi connectivity index (χ4n) is 1.95. The third-order valence-electron chi connectivity index (χ3n) is 3.10. The number of phenolic OH excluding ortho intramolecular Hbond substituents is 1. The van der Waals surface area contributed by atoms with Crippen molar-refractivity contribution in [3.05, 3.63) is 58.1 Å². The van der Waals surface area contributed by atoms with Crippen molar-refractivity contribution in [2.75, 3.05) is 5.32 Å². The molecule has 2 rings (SSSR count). The van der Waals surface area contributed by atoms with Gasteiger partial charge in [-0.3, -0.25) is 4.79 Å². The summed E-state index contributed by atoms with van der Waals surface area (Å²) in [6, 6.07) is 4.08. The third kappa shape index (κ3) is 4.36. The first-order chi connectivity index (χ1) is 11.4. The lowest BCUT2D eigenvalue weighted by molar-refractivity contribution is -0.138. The second-order valence-electron chi connectivity index (χ2n) is 4.87. The fraction of sp³-hybridized carbons (Fsp3) is 0.133. The second kappa shape index (κ2) is 6.47. The summed E-state index contributed by atoms with van der Waals surface area (Å²) in [7, 11) is 0. The number of phenols is 1. The Kier molecular flexibility index (Phi) is 4.90. The van der Waals surface area contributed by atoms with Crippen LogP contribution in [0.4, 0.5) is 32.0 Å². The maximum Gasteiger partial charge on any atom is 0.418 e. The van der Waals surface area contributed by atoms with Crippen molar-refractivity contribution in [3.8, 4) is 5.75 Å². The summed E-state index contributed by atoms with van der Waals surface area (Å²) >= 11 is 5.50. The monoisotopic (exact) mass is 383 g/mol. The number of nitrogens with one attached hydrogen (secondary N) is 1. The molecule has 2 N–H and O–H groups in total. The summed E-state index contributed by atoms with van der Waals surface area (Å²) in [6.45, 7) is 0. The molecule has 0 aliphatic heterocycles. The van der Waals surface area contributed by atoms with Gasteiger partial charge in [-0.1, -0.05) is 11.6 Å². The van der Waals surface area contributed by atoms with E-state index in [2.05, 4.69) is 0 Å². The highest BCUT2D eigenvalue weighted by Crippen LogP contribution is 2.37. The molecule has 0 bridgehead atoms. The molecule has 0 spiro atoms. The Labute approximate surface area is 141 Å². The predicted molar refractivity (Wildman–Crippen MR) is 77.5 cm³/mol. The molecule has 25 heavy (non-hydrogen) atoms. The van der Waals surface area contributed by atoms with Crippen LogP contribution in [0.1, 0.15) is 21.5 Å². The van der Waals surface area contributed by atoms with Gasteiger partial charge < -0.3 is 10.4 Å². The number of amides is 1. The molecule has 0 unspecified atom stereocenters. The molecule has 134 valence electrons. The minimum Gasteiger partial charge on any atom is -0.507 e. The maximum atomic E-state index is 13.0. The van der Waals surface area contributed by atoms with E-state index in [1.54, 1.807) is 0 Å². The van der Waals surface area contributed by atoms with Gasteiger partial charge in [0.15, 0.2) is 0 Å². The number of halogens is 7. The molecule has 0 saturated carbocycles. The second-order valence-corrected chi connectivity index (χ2v) is 5.31. The molecule has 0 atom stereocenters. The van der Waals surface area contributed by atoms with Crippen molar-refractivity contribution in [1.82, 2.24) is 0 Å². The number of hydrogen-bond acceptors (Lipinski definition) is 2. The highest BCUT2D eigenvalue weighted by Gasteiger charge is 2.35. The van der Waals surface area contributed by atoms with E-state index in [-0.39, 0.29) is 5.02 Å². The van der Waals surface area contributed by atoms with Crippen LogP contribution in [0.25, 0.3) is 0 Å². The number of benzene rings is 2. The van der Waals surface area contributed by atoms with Crippen LogP contribution in [-0.2, 0) is 12.4 Å². The van der Waals surface area contributed by atoms with Gasteiger partial charge in [0.2, 0.25) is 0 Å². The SMILES string of the molecule is O=C(Nc1ccc(Cl)cc1C(F)(F)F)c1ccc(C(F)(F)F)cc1O. The van der Waals surface area contributed by atoms with Crippen molar-refractivity contribution in [2.24, 2.45) is 0 Å². The Balaban J connectivity index is 2.35. The maximum absolute atomic E-state index is 13.0. The van der Waals surface area contributed by atoms with E-state index in [0.29, 0.717) is 24.3 Å². The van der Waals surface area contributed by atoms with E-state index in [0.717, 1.165) is 12.1 Å². The lowest BCUT2D eigenvalue weighted by Crippen LogP contribution is -2.17. The zero-order valence-corrected chi connectivity index (χ0v) is 12.7. The van der Waals surface area contributed by atoms with Gasteiger partial charge in [-0.25, -0.2) is 0 Å². The Morgan fingerprint density at radius 3 is 2.12 bits per heavy atom. The van der Waals surface area contributed by atoms with Gasteiger partial charge in [-0.05, 0) is 36.4 Å². The van der Waals surface area contributed by atoms with E-state index < -0.39 is 46.4 Å². The van der Waals surface area contributed by atoms with Gasteiger partial charge >= 0.3 is 12.4 Å². The van der Waals surface area contributed by atoms with Crippen LogP contribution >= 0.6 is 11.6 Å². The lowest BCUT2D eigenvalue weighted by atomic mass is 10.1. The molecular formula is C15H8ClF6NO2. The molecule has 0 aliphatic rings. The molecule has 3 nitrogen and oxygen atoms in total. The van der Waals surface area contributed by atoms with Crippen molar-refractivity contribution in [1.29, 1.82) is 0 Å². The molecule has 0 heterocycles. The van der Waals surface area contributed by atoms with Crippen molar-refractivity contribution in [3.63, 3.8) is 0 Å². The Hall–Kier alpha value is -2.42. The number of aromatic hydroxyl groups is 1. The molecule has 10 heteroatoms. The molecule has 2 aromatic carbocycles. The summed E-state index contributed by atoms with van der Waals surface area (Å²) in [4.78, 5) is 12.0. The van der Waals surface area contributed by atoms with Gasteiger partial charge in [0.05, 0.1) is 22.4 Å². The third-order valence-corrected chi connectivity index (χ3v) is 3.34. The first kappa shape index (κ1) is 18.9. The Bertz CT molecular complexity index is 817. The summed E-state index contributed by atoms with van der Waals surface area (Å²) in [5, 5.41) is 11.3. The van der Waals surface area contributed by atoms with E-state index in [1.165, 1.54) is 0 Å². The van der Waals surface area contributed by atoms with Gasteiger partial charge in [-0.15, -0.1) is 0 Å². The first-order valence-corrected chi connectivity index (χ1v) is 6.85. The van der Waals surface area contributed by atoms with Crippen molar-refractivity contribution >= 4 is 23.2 Å². The van der Waals surface area contributed by atoms with E-state index in [1.807, 2.05) is 5.32 Å². The largest absolute Gasteiger partial charge is 0.507 e. The molecule has 0 aromatic heterocycles. The highest BCUT2D eigenvalue weighted by molar-refractivity contribution is 6.30. The van der Waals surface area contributed by atoms with Crippen LogP contribution in [0.5, 0.6) is 5.75 Å². The number of carbonyl (C=O) groups excluding carboxylic acids is 1. The van der Waals surface area contributed by atoms with Gasteiger partial charge in [0.25, 0.3) is 5.91 Å². The quantitative estimate of drug-likeness (QED) is 0.688.